The molecule has 0 aliphatic carbocycles. The first kappa shape index (κ1) is 15.3. The normalized spacial score (nSPS) is 11.4. The van der Waals surface area contributed by atoms with Crippen LogP contribution in [0.15, 0.2) is 24.3 Å². The fourth-order valence-electron chi connectivity index (χ4n) is 1.11. The lowest BCUT2D eigenvalue weighted by molar-refractivity contribution is -0.117. The third-order valence-electron chi connectivity index (χ3n) is 1.95. The average Bonchev–Trinajstić information content (AvgIpc) is 2.21. The average molecular weight is 261 g/mol. The van der Waals surface area contributed by atoms with Gasteiger partial charge in [-0.05, 0) is 30.9 Å². The maximum atomic E-state index is 11.3. The van der Waals surface area contributed by atoms with Gasteiger partial charge in [0.2, 0.25) is 5.91 Å². The molecule has 1 rings (SSSR count). The number of halogens is 1. The summed E-state index contributed by atoms with van der Waals surface area (Å²) in [7, 11) is 0. The van der Waals surface area contributed by atoms with Crippen LogP contribution in [0.1, 0.15) is 12.5 Å². The van der Waals surface area contributed by atoms with E-state index in [9.17, 15) is 4.79 Å². The molecule has 0 aliphatic rings. The Morgan fingerprint density at radius 1 is 1.44 bits per heavy atom. The molecular formula is C11H17ClN2OS. The quantitative estimate of drug-likeness (QED) is 0.873. The summed E-state index contributed by atoms with van der Waals surface area (Å²) >= 11 is 1.77. The largest absolute Gasteiger partial charge is 0.325 e. The zero-order valence-electron chi connectivity index (χ0n) is 9.40. The Hall–Kier alpha value is -0.710. The first-order valence-electron chi connectivity index (χ1n) is 4.78. The van der Waals surface area contributed by atoms with Gasteiger partial charge >= 0.3 is 0 Å². The van der Waals surface area contributed by atoms with Gasteiger partial charge in [0.05, 0.1) is 6.04 Å². The van der Waals surface area contributed by atoms with E-state index in [1.54, 1.807) is 18.7 Å². The lowest BCUT2D eigenvalue weighted by Gasteiger charge is -2.08. The van der Waals surface area contributed by atoms with E-state index in [1.165, 1.54) is 5.56 Å². The van der Waals surface area contributed by atoms with Crippen molar-refractivity contribution in [3.63, 3.8) is 0 Å². The van der Waals surface area contributed by atoms with Crippen LogP contribution in [0, 0.1) is 0 Å². The topological polar surface area (TPSA) is 55.1 Å². The van der Waals surface area contributed by atoms with Crippen LogP contribution in [0.25, 0.3) is 0 Å². The van der Waals surface area contributed by atoms with Crippen LogP contribution in [0.2, 0.25) is 0 Å². The zero-order valence-corrected chi connectivity index (χ0v) is 11.0. The first-order chi connectivity index (χ1) is 7.13. The molecule has 1 amide bonds. The maximum absolute atomic E-state index is 11.3. The first-order valence-corrected chi connectivity index (χ1v) is 6.17. The zero-order chi connectivity index (χ0) is 11.3. The lowest BCUT2D eigenvalue weighted by Crippen LogP contribution is -2.32. The molecule has 0 spiro atoms. The summed E-state index contributed by atoms with van der Waals surface area (Å²) in [4.78, 5) is 11.3. The molecule has 0 heterocycles. The Morgan fingerprint density at radius 3 is 2.44 bits per heavy atom. The minimum atomic E-state index is -0.476. The third-order valence-corrected chi connectivity index (χ3v) is 2.57. The number of carbonyl (C=O) groups is 1. The van der Waals surface area contributed by atoms with Crippen molar-refractivity contribution in [2.75, 3.05) is 11.6 Å². The number of hydrogen-bond donors (Lipinski definition) is 2. The molecule has 5 heteroatoms. The van der Waals surface area contributed by atoms with Crippen molar-refractivity contribution in [3.05, 3.63) is 29.8 Å². The van der Waals surface area contributed by atoms with E-state index in [1.807, 2.05) is 24.3 Å². The summed E-state index contributed by atoms with van der Waals surface area (Å²) < 4.78 is 0. The van der Waals surface area contributed by atoms with Crippen molar-refractivity contribution >= 4 is 35.8 Å². The number of nitrogens with one attached hydrogen (secondary N) is 1. The molecule has 0 aliphatic heterocycles. The maximum Gasteiger partial charge on any atom is 0.240 e. The van der Waals surface area contributed by atoms with Gasteiger partial charge in [-0.3, -0.25) is 4.79 Å². The predicted octanol–water partition coefficient (Wildman–Crippen LogP) is 2.26. The molecule has 1 unspecified atom stereocenters. The molecule has 0 saturated heterocycles. The van der Waals surface area contributed by atoms with E-state index in [2.05, 4.69) is 11.6 Å². The van der Waals surface area contributed by atoms with Crippen molar-refractivity contribution in [2.45, 2.75) is 18.7 Å². The molecule has 16 heavy (non-hydrogen) atoms. The van der Waals surface area contributed by atoms with E-state index in [4.69, 9.17) is 5.73 Å². The van der Waals surface area contributed by atoms with Crippen LogP contribution in [-0.4, -0.2) is 18.2 Å². The monoisotopic (exact) mass is 260 g/mol. The predicted molar refractivity (Wildman–Crippen MR) is 73.2 cm³/mol. The summed E-state index contributed by atoms with van der Waals surface area (Å²) in [5.41, 5.74) is 7.49. The van der Waals surface area contributed by atoms with Gasteiger partial charge < -0.3 is 11.1 Å². The number of thioether (sulfide) groups is 1. The number of carbonyl (C=O) groups excluding carboxylic acids is 1. The van der Waals surface area contributed by atoms with Crippen LogP contribution >= 0.6 is 24.2 Å². The highest BCUT2D eigenvalue weighted by atomic mass is 35.5. The van der Waals surface area contributed by atoms with Gasteiger partial charge in [-0.15, -0.1) is 12.4 Å². The fourth-order valence-corrected chi connectivity index (χ4v) is 1.63. The van der Waals surface area contributed by atoms with E-state index < -0.39 is 6.04 Å². The van der Waals surface area contributed by atoms with Crippen molar-refractivity contribution in [1.82, 2.24) is 0 Å². The molecule has 3 N–H and O–H groups in total. The SMILES string of the molecule is CSCc1ccc(NC(=O)C(C)N)cc1.Cl. The molecule has 1 atom stereocenters. The Kier molecular flexibility index (Phi) is 7.21. The summed E-state index contributed by atoms with van der Waals surface area (Å²) in [6.07, 6.45) is 2.06. The van der Waals surface area contributed by atoms with Crippen LogP contribution < -0.4 is 11.1 Å². The molecule has 0 aromatic heterocycles. The highest BCUT2D eigenvalue weighted by Crippen LogP contribution is 2.13. The number of hydrogen-bond acceptors (Lipinski definition) is 3. The third kappa shape index (κ3) is 4.88. The minimum absolute atomic E-state index is 0. The molecule has 0 bridgehead atoms. The van der Waals surface area contributed by atoms with E-state index in [0.29, 0.717) is 0 Å². The molecule has 1 aromatic rings. The summed E-state index contributed by atoms with van der Waals surface area (Å²) in [6, 6.07) is 7.33. The smallest absolute Gasteiger partial charge is 0.240 e. The molecular weight excluding hydrogens is 244 g/mol. The summed E-state index contributed by atoms with van der Waals surface area (Å²) in [6.45, 7) is 1.66. The molecule has 3 nitrogen and oxygen atoms in total. The number of amides is 1. The standard InChI is InChI=1S/C11H16N2OS.ClH/c1-8(12)11(14)13-10-5-3-9(4-6-10)7-15-2;/h3-6,8H,7,12H2,1-2H3,(H,13,14);1H. The number of nitrogens with two attached hydrogens (primary N) is 1. The van der Waals surface area contributed by atoms with Crippen LogP contribution in [0.4, 0.5) is 5.69 Å². The van der Waals surface area contributed by atoms with E-state index in [0.717, 1.165) is 11.4 Å². The van der Waals surface area contributed by atoms with Gasteiger partial charge in [-0.1, -0.05) is 12.1 Å². The molecule has 90 valence electrons. The van der Waals surface area contributed by atoms with E-state index >= 15 is 0 Å². The second-order valence-corrected chi connectivity index (χ2v) is 4.27. The van der Waals surface area contributed by atoms with Crippen LogP contribution in [0.5, 0.6) is 0 Å². The van der Waals surface area contributed by atoms with Crippen LogP contribution in [-0.2, 0) is 10.5 Å². The second-order valence-electron chi connectivity index (χ2n) is 3.41. The Bertz CT molecular complexity index is 327. The number of benzene rings is 1. The van der Waals surface area contributed by atoms with Gasteiger partial charge in [-0.25, -0.2) is 0 Å². The van der Waals surface area contributed by atoms with Gasteiger partial charge in [0.1, 0.15) is 0 Å². The Balaban J connectivity index is 0.00000225. The molecule has 1 aromatic carbocycles. The number of anilines is 1. The summed E-state index contributed by atoms with van der Waals surface area (Å²) in [5, 5.41) is 2.74. The van der Waals surface area contributed by atoms with Gasteiger partial charge in [-0.2, -0.15) is 11.8 Å². The van der Waals surface area contributed by atoms with Crippen molar-refractivity contribution in [1.29, 1.82) is 0 Å². The van der Waals surface area contributed by atoms with Gasteiger partial charge in [0, 0.05) is 11.4 Å². The highest BCUT2D eigenvalue weighted by Gasteiger charge is 2.06. The molecule has 0 radical (unpaired) electrons. The van der Waals surface area contributed by atoms with Crippen molar-refractivity contribution in [3.8, 4) is 0 Å². The van der Waals surface area contributed by atoms with Crippen molar-refractivity contribution < 1.29 is 4.79 Å². The molecule has 0 fully saturated rings. The minimum Gasteiger partial charge on any atom is -0.325 e. The molecule has 0 saturated carbocycles. The second kappa shape index (κ2) is 7.54. The van der Waals surface area contributed by atoms with Gasteiger partial charge in [0.25, 0.3) is 0 Å². The highest BCUT2D eigenvalue weighted by molar-refractivity contribution is 7.97. The van der Waals surface area contributed by atoms with E-state index in [-0.39, 0.29) is 18.3 Å². The Labute approximate surface area is 107 Å². The van der Waals surface area contributed by atoms with Crippen LogP contribution in [0.3, 0.4) is 0 Å². The Morgan fingerprint density at radius 2 is 2.00 bits per heavy atom. The summed E-state index contributed by atoms with van der Waals surface area (Å²) in [5.74, 6) is 0.828. The lowest BCUT2D eigenvalue weighted by atomic mass is 10.2. The fraction of sp³-hybridized carbons (Fsp3) is 0.364. The van der Waals surface area contributed by atoms with Crippen molar-refractivity contribution in [2.24, 2.45) is 5.73 Å². The van der Waals surface area contributed by atoms with Gasteiger partial charge in [0.15, 0.2) is 0 Å². The number of rotatable bonds is 4.